The number of amides is 1. The van der Waals surface area contributed by atoms with E-state index in [2.05, 4.69) is 10.5 Å². The Bertz CT molecular complexity index is 952. The van der Waals surface area contributed by atoms with Gasteiger partial charge in [0.15, 0.2) is 6.61 Å². The van der Waals surface area contributed by atoms with Crippen LogP contribution in [-0.4, -0.2) is 33.7 Å². The Balaban J connectivity index is 2.08. The third-order valence-electron chi connectivity index (χ3n) is 3.66. The minimum Gasteiger partial charge on any atom is -0.502 e. The molecular formula is C17H16N4O7. The van der Waals surface area contributed by atoms with Crippen LogP contribution >= 0.6 is 0 Å². The number of hydrazone groups is 1. The van der Waals surface area contributed by atoms with Gasteiger partial charge in [-0.15, -0.1) is 0 Å². The highest BCUT2D eigenvalue weighted by Gasteiger charge is 2.23. The van der Waals surface area contributed by atoms with Crippen LogP contribution in [0.15, 0.2) is 35.4 Å². The van der Waals surface area contributed by atoms with Crippen molar-refractivity contribution in [2.75, 3.05) is 6.61 Å². The summed E-state index contributed by atoms with van der Waals surface area (Å²) in [7, 11) is 0. The van der Waals surface area contributed by atoms with Gasteiger partial charge in [-0.1, -0.05) is 18.2 Å². The van der Waals surface area contributed by atoms with E-state index in [9.17, 15) is 30.1 Å². The number of nitro benzene ring substituents is 2. The minimum atomic E-state index is -0.962. The maximum absolute atomic E-state index is 11.8. The number of phenols is 1. The molecule has 2 rings (SSSR count). The summed E-state index contributed by atoms with van der Waals surface area (Å²) in [5.41, 5.74) is 2.08. The summed E-state index contributed by atoms with van der Waals surface area (Å²) in [6.07, 6.45) is 0.867. The van der Waals surface area contributed by atoms with Crippen LogP contribution in [0.4, 0.5) is 11.4 Å². The summed E-state index contributed by atoms with van der Waals surface area (Å²) in [6.45, 7) is 3.32. The summed E-state index contributed by atoms with van der Waals surface area (Å²) < 4.78 is 5.44. The predicted molar refractivity (Wildman–Crippen MR) is 98.6 cm³/mol. The fraction of sp³-hybridized carbons (Fsp3) is 0.176. The molecule has 0 unspecified atom stereocenters. The van der Waals surface area contributed by atoms with Crippen LogP contribution in [0.3, 0.4) is 0 Å². The van der Waals surface area contributed by atoms with Crippen molar-refractivity contribution in [1.82, 2.24) is 5.43 Å². The number of aryl methyl sites for hydroxylation is 2. The Hall–Kier alpha value is -4.02. The molecule has 0 saturated carbocycles. The Morgan fingerprint density at radius 2 is 1.86 bits per heavy atom. The quantitative estimate of drug-likeness (QED) is 0.418. The van der Waals surface area contributed by atoms with E-state index in [1.165, 1.54) is 0 Å². The lowest BCUT2D eigenvalue weighted by molar-refractivity contribution is -0.394. The zero-order valence-corrected chi connectivity index (χ0v) is 14.9. The third kappa shape index (κ3) is 4.78. The normalized spacial score (nSPS) is 10.6. The second-order valence-electron chi connectivity index (χ2n) is 5.72. The van der Waals surface area contributed by atoms with Gasteiger partial charge in [0.25, 0.3) is 11.6 Å². The van der Waals surface area contributed by atoms with E-state index >= 15 is 0 Å². The largest absolute Gasteiger partial charge is 0.502 e. The first kappa shape index (κ1) is 20.3. The van der Waals surface area contributed by atoms with Crippen LogP contribution in [0.2, 0.25) is 0 Å². The third-order valence-corrected chi connectivity index (χ3v) is 3.66. The number of carbonyl (C=O) groups is 1. The zero-order chi connectivity index (χ0) is 20.8. The molecule has 2 aromatic rings. The summed E-state index contributed by atoms with van der Waals surface area (Å²) >= 11 is 0. The van der Waals surface area contributed by atoms with Crippen molar-refractivity contribution in [2.45, 2.75) is 13.8 Å². The van der Waals surface area contributed by atoms with E-state index < -0.39 is 32.9 Å². The molecule has 0 fully saturated rings. The number of nitrogens with one attached hydrogen (secondary N) is 1. The first-order valence-corrected chi connectivity index (χ1v) is 7.87. The minimum absolute atomic E-state index is 0.295. The van der Waals surface area contributed by atoms with Crippen molar-refractivity contribution in [2.24, 2.45) is 5.10 Å². The molecule has 2 N–H and O–H groups in total. The zero-order valence-electron chi connectivity index (χ0n) is 14.9. The summed E-state index contributed by atoms with van der Waals surface area (Å²) in [5.74, 6) is -0.868. The molecule has 0 bridgehead atoms. The molecule has 0 spiro atoms. The van der Waals surface area contributed by atoms with Crippen molar-refractivity contribution in [1.29, 1.82) is 0 Å². The van der Waals surface area contributed by atoms with Crippen LogP contribution in [0.1, 0.15) is 16.7 Å². The Labute approximate surface area is 158 Å². The molecule has 0 atom stereocenters. The molecule has 28 heavy (non-hydrogen) atoms. The summed E-state index contributed by atoms with van der Waals surface area (Å²) in [6, 6.07) is 7.04. The van der Waals surface area contributed by atoms with Crippen LogP contribution in [0, 0.1) is 34.1 Å². The molecule has 1 amide bonds. The van der Waals surface area contributed by atoms with Gasteiger partial charge in [0.2, 0.25) is 5.75 Å². The monoisotopic (exact) mass is 388 g/mol. The maximum atomic E-state index is 11.8. The molecule has 0 radical (unpaired) electrons. The van der Waals surface area contributed by atoms with Crippen molar-refractivity contribution >= 4 is 23.5 Å². The fourth-order valence-electron chi connectivity index (χ4n) is 2.34. The van der Waals surface area contributed by atoms with E-state index in [0.29, 0.717) is 11.8 Å². The Morgan fingerprint density at radius 3 is 2.43 bits per heavy atom. The fourth-order valence-corrected chi connectivity index (χ4v) is 2.34. The van der Waals surface area contributed by atoms with E-state index in [4.69, 9.17) is 4.74 Å². The van der Waals surface area contributed by atoms with Crippen LogP contribution in [0.25, 0.3) is 0 Å². The second kappa shape index (κ2) is 8.58. The van der Waals surface area contributed by atoms with Crippen molar-refractivity contribution < 1.29 is 24.5 Å². The first-order valence-electron chi connectivity index (χ1n) is 7.87. The molecule has 0 aliphatic heterocycles. The molecule has 0 heterocycles. The van der Waals surface area contributed by atoms with Gasteiger partial charge in [-0.3, -0.25) is 25.0 Å². The van der Waals surface area contributed by atoms with Gasteiger partial charge in [-0.05, 0) is 25.0 Å². The van der Waals surface area contributed by atoms with Crippen LogP contribution < -0.4 is 10.2 Å². The highest BCUT2D eigenvalue weighted by atomic mass is 16.6. The number of nitrogens with zero attached hydrogens (tertiary/aromatic N) is 3. The number of nitro groups is 2. The smallest absolute Gasteiger partial charge is 0.318 e. The van der Waals surface area contributed by atoms with E-state index in [0.717, 1.165) is 23.4 Å². The number of phenolic OH excluding ortho intramolecular Hbond substituents is 1. The van der Waals surface area contributed by atoms with Gasteiger partial charge in [-0.2, -0.15) is 5.10 Å². The molecule has 0 saturated heterocycles. The average Bonchev–Trinajstić information content (AvgIpc) is 2.62. The number of benzene rings is 2. The number of hydrogen-bond donors (Lipinski definition) is 2. The number of para-hydroxylation sites is 1. The molecule has 0 aliphatic rings. The lowest BCUT2D eigenvalue weighted by Crippen LogP contribution is -2.25. The summed E-state index contributed by atoms with van der Waals surface area (Å²) in [5, 5.41) is 35.2. The van der Waals surface area contributed by atoms with Crippen LogP contribution in [-0.2, 0) is 4.79 Å². The predicted octanol–water partition coefficient (Wildman–Crippen LogP) is 2.35. The Morgan fingerprint density at radius 1 is 1.21 bits per heavy atom. The standard InChI is InChI=1S/C17H16N4O7/c1-10-4-3-5-11(2)17(10)28-9-15(22)19-18-8-12-6-13(20(24)25)7-14(16(12)23)21(26)27/h3-8,23H,9H2,1-2H3,(H,19,22). The highest BCUT2D eigenvalue weighted by Crippen LogP contribution is 2.33. The Kier molecular flexibility index (Phi) is 6.22. The number of rotatable bonds is 7. The number of aromatic hydroxyl groups is 1. The number of non-ortho nitro benzene ring substituents is 1. The maximum Gasteiger partial charge on any atom is 0.318 e. The van der Waals surface area contributed by atoms with Crippen molar-refractivity contribution in [3.63, 3.8) is 0 Å². The second-order valence-corrected chi connectivity index (χ2v) is 5.72. The van der Waals surface area contributed by atoms with Gasteiger partial charge in [-0.25, -0.2) is 5.43 Å². The molecule has 11 heteroatoms. The lowest BCUT2D eigenvalue weighted by atomic mass is 10.1. The van der Waals surface area contributed by atoms with Gasteiger partial charge in [0, 0.05) is 6.07 Å². The number of carbonyl (C=O) groups excluding carboxylic acids is 1. The average molecular weight is 388 g/mol. The lowest BCUT2D eigenvalue weighted by Gasteiger charge is -2.10. The van der Waals surface area contributed by atoms with Gasteiger partial charge < -0.3 is 9.84 Å². The van der Waals surface area contributed by atoms with Gasteiger partial charge >= 0.3 is 5.69 Å². The van der Waals surface area contributed by atoms with E-state index in [-0.39, 0.29) is 12.2 Å². The first-order chi connectivity index (χ1) is 13.2. The van der Waals surface area contributed by atoms with Gasteiger partial charge in [0.1, 0.15) is 5.75 Å². The molecule has 146 valence electrons. The topological polar surface area (TPSA) is 157 Å². The number of ether oxygens (including phenoxy) is 1. The van der Waals surface area contributed by atoms with Gasteiger partial charge in [0.05, 0.1) is 27.7 Å². The van der Waals surface area contributed by atoms with E-state index in [1.54, 1.807) is 0 Å². The number of hydrogen-bond acceptors (Lipinski definition) is 8. The molecule has 0 aliphatic carbocycles. The molecular weight excluding hydrogens is 372 g/mol. The van der Waals surface area contributed by atoms with E-state index in [1.807, 2.05) is 32.0 Å². The SMILES string of the molecule is Cc1cccc(C)c1OCC(=O)NN=Cc1cc([N+](=O)[O-])cc([N+](=O)[O-])c1O. The highest BCUT2D eigenvalue weighted by molar-refractivity contribution is 5.88. The molecule has 2 aromatic carbocycles. The van der Waals surface area contributed by atoms with Crippen LogP contribution in [0.5, 0.6) is 11.5 Å². The van der Waals surface area contributed by atoms with Crippen molar-refractivity contribution in [3.05, 3.63) is 67.3 Å². The van der Waals surface area contributed by atoms with Crippen molar-refractivity contribution in [3.8, 4) is 11.5 Å². The molecule has 0 aromatic heterocycles. The summed E-state index contributed by atoms with van der Waals surface area (Å²) in [4.78, 5) is 31.8. The molecule has 11 nitrogen and oxygen atoms in total.